The monoisotopic (exact) mass is 754 g/mol. The number of ketones is 1. The molecule has 1 N–H and O–H groups in total. The van der Waals surface area contributed by atoms with Gasteiger partial charge in [0.25, 0.3) is 0 Å². The van der Waals surface area contributed by atoms with Crippen molar-refractivity contribution in [2.24, 2.45) is 10.8 Å². The van der Waals surface area contributed by atoms with Crippen molar-refractivity contribution in [2.75, 3.05) is 0 Å². The number of aryl methyl sites for hydroxylation is 2. The number of nitrogens with zero attached hydrogens (tertiary/aromatic N) is 2. The molecule has 1 radical (unpaired) electrons. The number of aromatic nitrogens is 2. The summed E-state index contributed by atoms with van der Waals surface area (Å²) in [6, 6.07) is 21.0. The molecule has 0 saturated carbocycles. The Labute approximate surface area is 271 Å². The van der Waals surface area contributed by atoms with E-state index in [1.165, 1.54) is 39.4 Å². The fourth-order valence-electron chi connectivity index (χ4n) is 5.06. The smallest absolute Gasteiger partial charge is 0.164 e. The Morgan fingerprint density at radius 1 is 0.884 bits per heavy atom. The first-order valence-electron chi connectivity index (χ1n) is 14.8. The molecule has 1 aliphatic carbocycles. The van der Waals surface area contributed by atoms with Gasteiger partial charge in [0.15, 0.2) is 5.78 Å². The quantitative estimate of drug-likeness (QED) is 0.126. The van der Waals surface area contributed by atoms with Crippen LogP contribution in [0, 0.1) is 23.8 Å². The Morgan fingerprint density at radius 3 is 2.19 bits per heavy atom. The maximum Gasteiger partial charge on any atom is 0.164 e. The van der Waals surface area contributed by atoms with E-state index in [9.17, 15) is 9.90 Å². The van der Waals surface area contributed by atoms with Gasteiger partial charge in [-0.2, -0.15) is 0 Å². The largest absolute Gasteiger partial charge is 0.512 e. The SMILES string of the molecule is CC(C)(C)C(=O)/C=C(\O)C(C)(C)C.Cc1ccc2c(n1)CCc1c-2ccnc1-c1[c-]c2ccccc2c(C(C)(C)C)c1.[Ir]. The number of hydrogen-bond donors (Lipinski definition) is 1. The minimum atomic E-state index is -0.417. The topological polar surface area (TPSA) is 63.1 Å². The van der Waals surface area contributed by atoms with E-state index in [2.05, 4.69) is 82.3 Å². The van der Waals surface area contributed by atoms with Crippen molar-refractivity contribution >= 4 is 16.6 Å². The van der Waals surface area contributed by atoms with Crippen LogP contribution in [0.4, 0.5) is 0 Å². The van der Waals surface area contributed by atoms with E-state index < -0.39 is 5.41 Å². The zero-order valence-corrected chi connectivity index (χ0v) is 29.7. The van der Waals surface area contributed by atoms with E-state index in [0.717, 1.165) is 35.2 Å². The molecule has 0 bridgehead atoms. The Balaban J connectivity index is 0.000000310. The molecule has 5 rings (SSSR count). The number of rotatable bonds is 2. The normalized spacial score (nSPS) is 13.3. The van der Waals surface area contributed by atoms with E-state index in [1.54, 1.807) is 0 Å². The van der Waals surface area contributed by atoms with Crippen LogP contribution in [0.2, 0.25) is 0 Å². The van der Waals surface area contributed by atoms with Crippen LogP contribution in [-0.2, 0) is 43.2 Å². The predicted molar refractivity (Wildman–Crippen MR) is 175 cm³/mol. The van der Waals surface area contributed by atoms with Crippen LogP contribution < -0.4 is 0 Å². The van der Waals surface area contributed by atoms with Crippen molar-refractivity contribution < 1.29 is 30.0 Å². The summed E-state index contributed by atoms with van der Waals surface area (Å²) in [6.45, 7) is 20.0. The number of carbonyl (C=O) groups is 1. The zero-order chi connectivity index (χ0) is 31.0. The summed E-state index contributed by atoms with van der Waals surface area (Å²) in [4.78, 5) is 21.1. The molecule has 4 aromatic rings. The van der Waals surface area contributed by atoms with Gasteiger partial charge in [0.2, 0.25) is 0 Å². The van der Waals surface area contributed by atoms with Crippen molar-refractivity contribution in [3.8, 4) is 22.4 Å². The number of aliphatic hydroxyl groups excluding tert-OH is 1. The fraction of sp³-hybridized carbons (Fsp3) is 0.395. The summed E-state index contributed by atoms with van der Waals surface area (Å²) >= 11 is 0. The summed E-state index contributed by atoms with van der Waals surface area (Å²) in [5.74, 6) is 0.104. The molecule has 0 amide bonds. The molecule has 0 unspecified atom stereocenters. The fourth-order valence-corrected chi connectivity index (χ4v) is 5.06. The maximum atomic E-state index is 11.5. The van der Waals surface area contributed by atoms with E-state index in [4.69, 9.17) is 9.97 Å². The summed E-state index contributed by atoms with van der Waals surface area (Å²) in [5.41, 5.74) is 8.89. The van der Waals surface area contributed by atoms with E-state index >= 15 is 0 Å². The molecule has 0 aliphatic heterocycles. The summed E-state index contributed by atoms with van der Waals surface area (Å²) < 4.78 is 0. The van der Waals surface area contributed by atoms with Gasteiger partial charge in [-0.1, -0.05) is 97.5 Å². The van der Waals surface area contributed by atoms with E-state index in [1.807, 2.05) is 47.7 Å². The van der Waals surface area contributed by atoms with Gasteiger partial charge in [-0.15, -0.1) is 29.1 Å². The summed E-state index contributed by atoms with van der Waals surface area (Å²) in [6.07, 6.45) is 5.19. The van der Waals surface area contributed by atoms with Gasteiger partial charge in [-0.25, -0.2) is 0 Å². The van der Waals surface area contributed by atoms with Crippen LogP contribution in [0.5, 0.6) is 0 Å². The number of hydrogen-bond acceptors (Lipinski definition) is 4. The van der Waals surface area contributed by atoms with Gasteiger partial charge in [0, 0.05) is 65.9 Å². The average molecular weight is 754 g/mol. The standard InChI is InChI=1S/C27H25N2.C11H20O2.Ir/c1-17-9-10-22-21-13-14-28-26(23(21)11-12-25(22)29-17)19-15-18-7-5-6-8-20(18)24(16-19)27(2,3)4;1-10(2,3)8(12)7-9(13)11(4,5)6;/h5-10,13-14,16H,11-12H2,1-4H3;7,12H,1-6H3;/q-1;;/b;8-7-;. The molecule has 1 aliphatic rings. The second-order valence-electron chi connectivity index (χ2n) is 14.4. The van der Waals surface area contributed by atoms with Crippen LogP contribution in [0.15, 0.2) is 66.6 Å². The van der Waals surface area contributed by atoms with Gasteiger partial charge < -0.3 is 5.11 Å². The number of benzene rings is 2. The van der Waals surface area contributed by atoms with Crippen LogP contribution in [0.3, 0.4) is 0 Å². The van der Waals surface area contributed by atoms with E-state index in [-0.39, 0.29) is 42.5 Å². The summed E-state index contributed by atoms with van der Waals surface area (Å²) in [5, 5.41) is 12.0. The van der Waals surface area contributed by atoms with Crippen LogP contribution >= 0.6 is 0 Å². The van der Waals surface area contributed by atoms with Crippen molar-refractivity contribution in [2.45, 2.75) is 87.5 Å². The molecule has 0 fully saturated rings. The first-order valence-corrected chi connectivity index (χ1v) is 14.8. The van der Waals surface area contributed by atoms with Crippen molar-refractivity contribution in [3.63, 3.8) is 0 Å². The first kappa shape index (κ1) is 34.4. The Morgan fingerprint density at radius 2 is 1.56 bits per heavy atom. The Kier molecular flexibility index (Phi) is 10.3. The molecule has 0 atom stereocenters. The molecule has 43 heavy (non-hydrogen) atoms. The van der Waals surface area contributed by atoms with Crippen LogP contribution in [0.25, 0.3) is 33.2 Å². The third-order valence-electron chi connectivity index (χ3n) is 7.69. The maximum absolute atomic E-state index is 11.5. The first-order chi connectivity index (χ1) is 19.5. The summed E-state index contributed by atoms with van der Waals surface area (Å²) in [7, 11) is 0. The van der Waals surface area contributed by atoms with Crippen molar-refractivity contribution in [1.82, 2.24) is 9.97 Å². The molecular formula is C38H45IrN2O2-. The van der Waals surface area contributed by atoms with Gasteiger partial charge in [0.05, 0.1) is 0 Å². The minimum Gasteiger partial charge on any atom is -0.512 e. The van der Waals surface area contributed by atoms with Crippen molar-refractivity contribution in [1.29, 1.82) is 0 Å². The Bertz CT molecular complexity index is 1660. The number of fused-ring (bicyclic) bond motifs is 4. The number of allylic oxidation sites excluding steroid dienone is 2. The molecule has 2 aromatic heterocycles. The van der Waals surface area contributed by atoms with Crippen LogP contribution in [0.1, 0.15) is 84.8 Å². The third kappa shape index (κ3) is 7.88. The molecule has 2 aromatic carbocycles. The molecular weight excluding hydrogens is 709 g/mol. The second-order valence-corrected chi connectivity index (χ2v) is 14.4. The molecule has 0 spiro atoms. The third-order valence-corrected chi connectivity index (χ3v) is 7.69. The molecule has 2 heterocycles. The van der Waals surface area contributed by atoms with Gasteiger partial charge in [0.1, 0.15) is 5.76 Å². The van der Waals surface area contributed by atoms with E-state index in [0.29, 0.717) is 0 Å². The second kappa shape index (κ2) is 12.8. The van der Waals surface area contributed by atoms with Gasteiger partial charge >= 0.3 is 0 Å². The molecule has 4 nitrogen and oxygen atoms in total. The number of pyridine rings is 2. The van der Waals surface area contributed by atoms with Gasteiger partial charge in [-0.3, -0.25) is 14.8 Å². The van der Waals surface area contributed by atoms with Gasteiger partial charge in [-0.05, 0) is 48.4 Å². The molecule has 229 valence electrons. The average Bonchev–Trinajstić information content (AvgIpc) is 2.90. The zero-order valence-electron chi connectivity index (χ0n) is 27.3. The van der Waals surface area contributed by atoms with Crippen LogP contribution in [-0.4, -0.2) is 20.9 Å². The molecule has 5 heteroatoms. The number of aliphatic hydroxyl groups is 1. The minimum absolute atomic E-state index is 0. The van der Waals surface area contributed by atoms with Crippen molar-refractivity contribution in [3.05, 3.63) is 95.1 Å². The predicted octanol–water partition coefficient (Wildman–Crippen LogP) is 9.56. The Hall–Kier alpha value is -3.14. The molecule has 0 saturated heterocycles. The number of carbonyl (C=O) groups excluding carboxylic acids is 1.